The predicted molar refractivity (Wildman–Crippen MR) is 73.4 cm³/mol. The van der Waals surface area contributed by atoms with E-state index in [4.69, 9.17) is 10.2 Å². The monoisotopic (exact) mass is 265 g/mol. The normalized spacial score (nSPS) is 23.9. The molecule has 1 saturated heterocycles. The molecule has 1 aromatic rings. The molecule has 5 heteroatoms. The molecule has 0 spiro atoms. The van der Waals surface area contributed by atoms with Gasteiger partial charge in [-0.2, -0.15) is 0 Å². The van der Waals surface area contributed by atoms with Gasteiger partial charge in [-0.05, 0) is 45.4 Å². The average molecular weight is 265 g/mol. The first-order chi connectivity index (χ1) is 9.04. The first-order valence-electron chi connectivity index (χ1n) is 6.81. The third-order valence-electron chi connectivity index (χ3n) is 3.84. The minimum Gasteiger partial charge on any atom is -0.468 e. The molecule has 106 valence electrons. The molecule has 5 nitrogen and oxygen atoms in total. The van der Waals surface area contributed by atoms with Gasteiger partial charge >= 0.3 is 0 Å². The van der Waals surface area contributed by atoms with Crippen LogP contribution in [0.5, 0.6) is 0 Å². The lowest BCUT2D eigenvalue weighted by Crippen LogP contribution is -2.52. The van der Waals surface area contributed by atoms with Gasteiger partial charge in [-0.1, -0.05) is 0 Å². The SMILES string of the molecule is CC1(C)CCNC(=O)C(CCN)N1Cc1ccco1. The first-order valence-corrected chi connectivity index (χ1v) is 6.81. The van der Waals surface area contributed by atoms with E-state index in [0.717, 1.165) is 12.2 Å². The lowest BCUT2D eigenvalue weighted by atomic mass is 9.95. The molecule has 1 amide bonds. The second-order valence-electron chi connectivity index (χ2n) is 5.65. The van der Waals surface area contributed by atoms with E-state index in [1.54, 1.807) is 6.26 Å². The van der Waals surface area contributed by atoms with Crippen LogP contribution in [0.3, 0.4) is 0 Å². The van der Waals surface area contributed by atoms with Crippen LogP contribution in [-0.2, 0) is 11.3 Å². The Balaban J connectivity index is 2.25. The number of hydrogen-bond acceptors (Lipinski definition) is 4. The minimum absolute atomic E-state index is 0.0637. The molecule has 1 fully saturated rings. The smallest absolute Gasteiger partial charge is 0.237 e. The molecule has 19 heavy (non-hydrogen) atoms. The van der Waals surface area contributed by atoms with Crippen LogP contribution in [0.1, 0.15) is 32.4 Å². The summed E-state index contributed by atoms with van der Waals surface area (Å²) < 4.78 is 5.43. The summed E-state index contributed by atoms with van der Waals surface area (Å²) in [4.78, 5) is 14.4. The molecular weight excluding hydrogens is 242 g/mol. The van der Waals surface area contributed by atoms with E-state index < -0.39 is 0 Å². The molecule has 1 atom stereocenters. The summed E-state index contributed by atoms with van der Waals surface area (Å²) in [6, 6.07) is 3.63. The number of nitrogens with two attached hydrogens (primary N) is 1. The quantitative estimate of drug-likeness (QED) is 0.855. The molecule has 0 saturated carbocycles. The molecule has 1 aliphatic rings. The second-order valence-corrected chi connectivity index (χ2v) is 5.65. The standard InChI is InChI=1S/C14H23N3O2/c1-14(2)6-8-16-13(18)12(5-7-15)17(14)10-11-4-3-9-19-11/h3-4,9,12H,5-8,10,15H2,1-2H3,(H,16,18). The number of amides is 1. The van der Waals surface area contributed by atoms with Gasteiger partial charge in [-0.15, -0.1) is 0 Å². The highest BCUT2D eigenvalue weighted by atomic mass is 16.3. The Hall–Kier alpha value is -1.33. The summed E-state index contributed by atoms with van der Waals surface area (Å²) >= 11 is 0. The van der Waals surface area contributed by atoms with Crippen molar-refractivity contribution in [2.45, 2.75) is 44.8 Å². The average Bonchev–Trinajstić information content (AvgIpc) is 2.82. The van der Waals surface area contributed by atoms with Gasteiger partial charge in [0.15, 0.2) is 0 Å². The molecule has 1 unspecified atom stereocenters. The molecule has 0 aromatic carbocycles. The highest BCUT2D eigenvalue weighted by Crippen LogP contribution is 2.27. The Morgan fingerprint density at radius 2 is 2.37 bits per heavy atom. The van der Waals surface area contributed by atoms with Gasteiger partial charge in [0.1, 0.15) is 5.76 Å². The third-order valence-corrected chi connectivity index (χ3v) is 3.84. The zero-order valence-corrected chi connectivity index (χ0v) is 11.7. The van der Waals surface area contributed by atoms with Gasteiger partial charge in [-0.3, -0.25) is 9.69 Å². The van der Waals surface area contributed by atoms with E-state index in [1.165, 1.54) is 0 Å². The van der Waals surface area contributed by atoms with E-state index in [1.807, 2.05) is 12.1 Å². The first kappa shape index (κ1) is 14.1. The van der Waals surface area contributed by atoms with Crippen LogP contribution in [0.4, 0.5) is 0 Å². The van der Waals surface area contributed by atoms with Crippen LogP contribution >= 0.6 is 0 Å². The zero-order chi connectivity index (χ0) is 13.9. The van der Waals surface area contributed by atoms with Crippen LogP contribution < -0.4 is 11.1 Å². The van der Waals surface area contributed by atoms with Gasteiger partial charge in [0.2, 0.25) is 5.91 Å². The number of rotatable bonds is 4. The Bertz CT molecular complexity index is 414. The van der Waals surface area contributed by atoms with Crippen molar-refractivity contribution in [3.05, 3.63) is 24.2 Å². The van der Waals surface area contributed by atoms with Crippen LogP contribution in [0.15, 0.2) is 22.8 Å². The summed E-state index contributed by atoms with van der Waals surface area (Å²) in [6.07, 6.45) is 3.24. The van der Waals surface area contributed by atoms with Crippen LogP contribution in [0.2, 0.25) is 0 Å². The van der Waals surface area contributed by atoms with Crippen molar-refractivity contribution in [2.75, 3.05) is 13.1 Å². The third kappa shape index (κ3) is 3.16. The molecule has 0 aliphatic carbocycles. The highest BCUT2D eigenvalue weighted by molar-refractivity contribution is 5.82. The van der Waals surface area contributed by atoms with Crippen molar-refractivity contribution in [3.63, 3.8) is 0 Å². The summed E-state index contributed by atoms with van der Waals surface area (Å²) in [5.41, 5.74) is 5.60. The number of hydrogen-bond donors (Lipinski definition) is 2. The van der Waals surface area contributed by atoms with Gasteiger partial charge in [0, 0.05) is 12.1 Å². The molecule has 3 N–H and O–H groups in total. The van der Waals surface area contributed by atoms with Gasteiger partial charge < -0.3 is 15.5 Å². The van der Waals surface area contributed by atoms with Crippen molar-refractivity contribution in [2.24, 2.45) is 5.73 Å². The fraction of sp³-hybridized carbons (Fsp3) is 0.643. The maximum absolute atomic E-state index is 12.2. The van der Waals surface area contributed by atoms with Crippen LogP contribution in [0.25, 0.3) is 0 Å². The highest BCUT2D eigenvalue weighted by Gasteiger charge is 2.38. The van der Waals surface area contributed by atoms with E-state index in [-0.39, 0.29) is 17.5 Å². The summed E-state index contributed by atoms with van der Waals surface area (Å²) in [5.74, 6) is 0.951. The molecule has 0 bridgehead atoms. The molecule has 2 heterocycles. The maximum Gasteiger partial charge on any atom is 0.237 e. The Morgan fingerprint density at radius 3 is 3.00 bits per heavy atom. The van der Waals surface area contributed by atoms with Crippen LogP contribution in [0, 0.1) is 0 Å². The number of furan rings is 1. The predicted octanol–water partition coefficient (Wildman–Crippen LogP) is 1.10. The van der Waals surface area contributed by atoms with Gasteiger partial charge in [-0.25, -0.2) is 0 Å². The topological polar surface area (TPSA) is 71.5 Å². The van der Waals surface area contributed by atoms with Gasteiger partial charge in [0.25, 0.3) is 0 Å². The van der Waals surface area contributed by atoms with E-state index in [0.29, 0.717) is 26.1 Å². The Morgan fingerprint density at radius 1 is 1.58 bits per heavy atom. The lowest BCUT2D eigenvalue weighted by molar-refractivity contribution is -0.127. The lowest BCUT2D eigenvalue weighted by Gasteiger charge is -2.40. The van der Waals surface area contributed by atoms with Crippen LogP contribution in [-0.4, -0.2) is 35.5 Å². The summed E-state index contributed by atoms with van der Waals surface area (Å²) in [6.45, 7) is 6.18. The fourth-order valence-electron chi connectivity index (χ4n) is 2.66. The van der Waals surface area contributed by atoms with Crippen molar-refractivity contribution >= 4 is 5.91 Å². The number of carbonyl (C=O) groups excluding carboxylic acids is 1. The van der Waals surface area contributed by atoms with E-state index in [2.05, 4.69) is 24.1 Å². The fourth-order valence-corrected chi connectivity index (χ4v) is 2.66. The van der Waals surface area contributed by atoms with E-state index in [9.17, 15) is 4.79 Å². The number of nitrogens with one attached hydrogen (secondary N) is 1. The largest absolute Gasteiger partial charge is 0.468 e. The van der Waals surface area contributed by atoms with Crippen molar-refractivity contribution in [1.29, 1.82) is 0 Å². The molecule has 2 rings (SSSR count). The van der Waals surface area contributed by atoms with E-state index >= 15 is 0 Å². The summed E-state index contributed by atoms with van der Waals surface area (Å²) in [7, 11) is 0. The molecule has 1 aliphatic heterocycles. The van der Waals surface area contributed by atoms with Crippen molar-refractivity contribution in [1.82, 2.24) is 10.2 Å². The molecule has 0 radical (unpaired) electrons. The molecular formula is C14H23N3O2. The zero-order valence-electron chi connectivity index (χ0n) is 11.7. The number of nitrogens with zero attached hydrogens (tertiary/aromatic N) is 1. The Labute approximate surface area is 114 Å². The summed E-state index contributed by atoms with van der Waals surface area (Å²) in [5, 5.41) is 2.98. The maximum atomic E-state index is 12.2. The minimum atomic E-state index is -0.187. The van der Waals surface area contributed by atoms with Gasteiger partial charge in [0.05, 0.1) is 18.8 Å². The Kier molecular flexibility index (Phi) is 4.27. The number of carbonyl (C=O) groups is 1. The van der Waals surface area contributed by atoms with Crippen molar-refractivity contribution < 1.29 is 9.21 Å². The molecule has 1 aromatic heterocycles. The van der Waals surface area contributed by atoms with Crippen molar-refractivity contribution in [3.8, 4) is 0 Å². The second kappa shape index (κ2) is 5.75.